The van der Waals surface area contributed by atoms with E-state index >= 15 is 0 Å². The van der Waals surface area contributed by atoms with Gasteiger partial charge in [0.05, 0.1) is 23.4 Å². The fraction of sp³-hybridized carbons (Fsp3) is 0.136. The number of aromatic nitrogens is 3. The van der Waals surface area contributed by atoms with E-state index in [1.165, 1.54) is 0 Å². The second-order valence-corrected chi connectivity index (χ2v) is 7.06. The lowest BCUT2D eigenvalue weighted by atomic mass is 10.1. The first kappa shape index (κ1) is 18.2. The summed E-state index contributed by atoms with van der Waals surface area (Å²) in [5.74, 6) is -0.142. The van der Waals surface area contributed by atoms with Crippen LogP contribution in [0.5, 0.6) is 0 Å². The van der Waals surface area contributed by atoms with E-state index in [-0.39, 0.29) is 11.9 Å². The zero-order valence-electron chi connectivity index (χ0n) is 15.6. The maximum atomic E-state index is 12.7. The maximum Gasteiger partial charge on any atom is 0.251 e. The zero-order valence-corrected chi connectivity index (χ0v) is 16.3. The van der Waals surface area contributed by atoms with Crippen molar-refractivity contribution in [2.24, 2.45) is 0 Å². The number of benzene rings is 2. The SMILES string of the molecule is Cc1c(C(C)NC(=O)c2ccc3nc(Cl)ccc3c2)cnn1-c1ccccc1. The predicted molar refractivity (Wildman–Crippen MR) is 111 cm³/mol. The van der Waals surface area contributed by atoms with Crippen LogP contribution < -0.4 is 5.32 Å². The lowest BCUT2D eigenvalue weighted by Crippen LogP contribution is -2.26. The van der Waals surface area contributed by atoms with E-state index in [4.69, 9.17) is 11.6 Å². The molecule has 0 aliphatic carbocycles. The second kappa shape index (κ2) is 7.44. The molecular formula is C22H19ClN4O. The Morgan fingerprint density at radius 1 is 1.11 bits per heavy atom. The van der Waals surface area contributed by atoms with Crippen LogP contribution in [-0.4, -0.2) is 20.7 Å². The molecule has 1 amide bonds. The molecule has 4 rings (SSSR count). The van der Waals surface area contributed by atoms with Gasteiger partial charge < -0.3 is 5.32 Å². The number of pyridine rings is 1. The molecule has 0 fully saturated rings. The van der Waals surface area contributed by atoms with E-state index in [1.807, 2.05) is 61.0 Å². The van der Waals surface area contributed by atoms with Gasteiger partial charge in [-0.2, -0.15) is 5.10 Å². The van der Waals surface area contributed by atoms with Gasteiger partial charge in [-0.15, -0.1) is 0 Å². The standard InChI is InChI=1S/C22H19ClN4O/c1-14(19-13-24-27(15(19)2)18-6-4-3-5-7-18)25-22(28)17-8-10-20-16(12-17)9-11-21(23)26-20/h3-14H,1-2H3,(H,25,28). The van der Waals surface area contributed by atoms with Crippen molar-refractivity contribution in [3.63, 3.8) is 0 Å². The van der Waals surface area contributed by atoms with Crippen LogP contribution in [0.25, 0.3) is 16.6 Å². The third kappa shape index (κ3) is 3.49. The highest BCUT2D eigenvalue weighted by atomic mass is 35.5. The molecular weight excluding hydrogens is 372 g/mol. The number of carbonyl (C=O) groups excluding carboxylic acids is 1. The lowest BCUT2D eigenvalue weighted by molar-refractivity contribution is 0.0940. The summed E-state index contributed by atoms with van der Waals surface area (Å²) < 4.78 is 1.88. The van der Waals surface area contributed by atoms with Crippen molar-refractivity contribution in [2.45, 2.75) is 19.9 Å². The lowest BCUT2D eigenvalue weighted by Gasteiger charge is -2.14. The molecule has 0 radical (unpaired) electrons. The smallest absolute Gasteiger partial charge is 0.251 e. The van der Waals surface area contributed by atoms with Crippen LogP contribution in [-0.2, 0) is 0 Å². The van der Waals surface area contributed by atoms with E-state index < -0.39 is 0 Å². The van der Waals surface area contributed by atoms with E-state index in [2.05, 4.69) is 15.4 Å². The molecule has 140 valence electrons. The number of halogens is 1. The summed E-state index contributed by atoms with van der Waals surface area (Å²) in [6, 6.07) is 18.7. The Labute approximate surface area is 168 Å². The number of rotatable bonds is 4. The molecule has 1 N–H and O–H groups in total. The Morgan fingerprint density at radius 2 is 1.89 bits per heavy atom. The summed E-state index contributed by atoms with van der Waals surface area (Å²) in [5.41, 5.74) is 4.31. The number of para-hydroxylation sites is 1. The predicted octanol–water partition coefficient (Wildman–Crippen LogP) is 4.87. The summed E-state index contributed by atoms with van der Waals surface area (Å²) in [6.07, 6.45) is 1.81. The molecule has 6 heteroatoms. The molecule has 1 unspecified atom stereocenters. The third-order valence-corrected chi connectivity index (χ3v) is 4.99. The number of hydrogen-bond acceptors (Lipinski definition) is 3. The number of hydrogen-bond donors (Lipinski definition) is 1. The minimum Gasteiger partial charge on any atom is -0.345 e. The maximum absolute atomic E-state index is 12.7. The summed E-state index contributed by atoms with van der Waals surface area (Å²) in [6.45, 7) is 3.96. The van der Waals surface area contributed by atoms with Gasteiger partial charge >= 0.3 is 0 Å². The van der Waals surface area contributed by atoms with E-state index in [0.29, 0.717) is 10.7 Å². The highest BCUT2D eigenvalue weighted by Gasteiger charge is 2.17. The minimum absolute atomic E-state index is 0.142. The Kier molecular flexibility index (Phi) is 4.84. The van der Waals surface area contributed by atoms with E-state index in [1.54, 1.807) is 24.4 Å². The molecule has 2 aromatic carbocycles. The van der Waals surface area contributed by atoms with Crippen molar-refractivity contribution in [2.75, 3.05) is 0 Å². The first-order valence-electron chi connectivity index (χ1n) is 9.00. The Balaban J connectivity index is 1.55. The molecule has 0 saturated heterocycles. The van der Waals surface area contributed by atoms with Crippen molar-refractivity contribution >= 4 is 28.4 Å². The molecule has 4 aromatic rings. The van der Waals surface area contributed by atoms with Crippen molar-refractivity contribution in [3.05, 3.63) is 88.8 Å². The molecule has 1 atom stereocenters. The summed E-state index contributed by atoms with van der Waals surface area (Å²) in [5, 5.41) is 8.84. The van der Waals surface area contributed by atoms with Crippen LogP contribution in [0.4, 0.5) is 0 Å². The first-order valence-corrected chi connectivity index (χ1v) is 9.38. The molecule has 5 nitrogen and oxygen atoms in total. The fourth-order valence-electron chi connectivity index (χ4n) is 3.28. The van der Waals surface area contributed by atoms with Gasteiger partial charge in [0, 0.05) is 22.2 Å². The number of nitrogens with zero attached hydrogens (tertiary/aromatic N) is 3. The number of fused-ring (bicyclic) bond motifs is 1. The quantitative estimate of drug-likeness (QED) is 0.505. The summed E-state index contributed by atoms with van der Waals surface area (Å²) in [4.78, 5) is 17.0. The van der Waals surface area contributed by atoms with Gasteiger partial charge in [-0.25, -0.2) is 9.67 Å². The van der Waals surface area contributed by atoms with Crippen molar-refractivity contribution in [1.82, 2.24) is 20.1 Å². The van der Waals surface area contributed by atoms with Crippen LogP contribution in [0.1, 0.15) is 34.6 Å². The van der Waals surface area contributed by atoms with Gasteiger partial charge in [0.2, 0.25) is 0 Å². The van der Waals surface area contributed by atoms with E-state index in [9.17, 15) is 4.79 Å². The molecule has 0 bridgehead atoms. The van der Waals surface area contributed by atoms with Crippen LogP contribution in [0, 0.1) is 6.92 Å². The Hall–Kier alpha value is -3.18. The molecule has 28 heavy (non-hydrogen) atoms. The van der Waals surface area contributed by atoms with Crippen molar-refractivity contribution in [1.29, 1.82) is 0 Å². The molecule has 0 saturated carbocycles. The van der Waals surface area contributed by atoms with Crippen molar-refractivity contribution in [3.8, 4) is 5.69 Å². The van der Waals surface area contributed by atoms with Gasteiger partial charge in [-0.05, 0) is 56.3 Å². The molecule has 0 aliphatic rings. The van der Waals surface area contributed by atoms with Gasteiger partial charge in [0.15, 0.2) is 0 Å². The van der Waals surface area contributed by atoms with Crippen LogP contribution in [0.2, 0.25) is 5.15 Å². The van der Waals surface area contributed by atoms with Crippen molar-refractivity contribution < 1.29 is 4.79 Å². The van der Waals surface area contributed by atoms with Gasteiger partial charge in [-0.3, -0.25) is 4.79 Å². The minimum atomic E-state index is -0.177. The zero-order chi connectivity index (χ0) is 19.7. The fourth-order valence-corrected chi connectivity index (χ4v) is 3.43. The monoisotopic (exact) mass is 390 g/mol. The van der Waals surface area contributed by atoms with Gasteiger partial charge in [0.1, 0.15) is 5.15 Å². The molecule has 0 aliphatic heterocycles. The summed E-state index contributed by atoms with van der Waals surface area (Å²) in [7, 11) is 0. The Bertz CT molecular complexity index is 1150. The largest absolute Gasteiger partial charge is 0.345 e. The average molecular weight is 391 g/mol. The normalized spacial score (nSPS) is 12.1. The second-order valence-electron chi connectivity index (χ2n) is 6.67. The number of nitrogens with one attached hydrogen (secondary N) is 1. The van der Waals surface area contributed by atoms with Crippen LogP contribution in [0.3, 0.4) is 0 Å². The number of amides is 1. The van der Waals surface area contributed by atoms with Gasteiger partial charge in [0.25, 0.3) is 5.91 Å². The van der Waals surface area contributed by atoms with Crippen LogP contribution >= 0.6 is 11.6 Å². The topological polar surface area (TPSA) is 59.8 Å². The first-order chi connectivity index (χ1) is 13.5. The summed E-state index contributed by atoms with van der Waals surface area (Å²) >= 11 is 5.92. The number of carbonyl (C=O) groups is 1. The van der Waals surface area contributed by atoms with E-state index in [0.717, 1.165) is 27.8 Å². The molecule has 0 spiro atoms. The molecule has 2 heterocycles. The Morgan fingerprint density at radius 3 is 2.68 bits per heavy atom. The average Bonchev–Trinajstić information content (AvgIpc) is 3.09. The van der Waals surface area contributed by atoms with Gasteiger partial charge in [-0.1, -0.05) is 29.8 Å². The highest BCUT2D eigenvalue weighted by Crippen LogP contribution is 2.21. The highest BCUT2D eigenvalue weighted by molar-refractivity contribution is 6.29. The third-order valence-electron chi connectivity index (χ3n) is 4.78. The molecule has 2 aromatic heterocycles. The van der Waals surface area contributed by atoms with Crippen LogP contribution in [0.15, 0.2) is 66.9 Å².